The summed E-state index contributed by atoms with van der Waals surface area (Å²) in [5, 5.41) is 0.886. The van der Waals surface area contributed by atoms with Crippen LogP contribution in [0.4, 0.5) is 5.69 Å². The second kappa shape index (κ2) is 7.58. The number of aromatic nitrogens is 1. The van der Waals surface area contributed by atoms with Crippen molar-refractivity contribution in [3.8, 4) is 11.5 Å². The highest BCUT2D eigenvalue weighted by molar-refractivity contribution is 7.21. The standard InChI is InChI=1S/C24H28N2O3S/c1-24(2,3)15-7-8-17-14(10-15)11-16-20(25)22(30-23(16)26-17)21(27)13-6-9-18(28-4)19(12-13)29-5/h6,9,11-12,15H,7-8,10,25H2,1-5H3. The number of nitrogens with two attached hydrogens (primary N) is 1. The van der Waals surface area contributed by atoms with Gasteiger partial charge < -0.3 is 15.2 Å². The fourth-order valence-electron chi connectivity index (χ4n) is 4.21. The number of ketones is 1. The molecule has 2 N–H and O–H groups in total. The summed E-state index contributed by atoms with van der Waals surface area (Å²) in [4.78, 5) is 19.5. The molecule has 0 amide bonds. The number of hydrogen-bond acceptors (Lipinski definition) is 6. The molecular weight excluding hydrogens is 396 g/mol. The summed E-state index contributed by atoms with van der Waals surface area (Å²) >= 11 is 1.37. The van der Waals surface area contributed by atoms with E-state index in [-0.39, 0.29) is 11.2 Å². The van der Waals surface area contributed by atoms with Crippen LogP contribution in [0, 0.1) is 11.3 Å². The first kappa shape index (κ1) is 20.7. The van der Waals surface area contributed by atoms with Crippen LogP contribution in [0.5, 0.6) is 11.5 Å². The van der Waals surface area contributed by atoms with Gasteiger partial charge in [-0.3, -0.25) is 4.79 Å². The molecule has 4 rings (SSSR count). The number of hydrogen-bond donors (Lipinski definition) is 1. The number of nitrogen functional groups attached to an aromatic ring is 1. The third kappa shape index (κ3) is 3.54. The number of pyridine rings is 1. The van der Waals surface area contributed by atoms with Crippen molar-refractivity contribution >= 4 is 33.0 Å². The van der Waals surface area contributed by atoms with Crippen molar-refractivity contribution in [2.75, 3.05) is 20.0 Å². The lowest BCUT2D eigenvalue weighted by Gasteiger charge is -2.34. The number of nitrogens with zero attached hydrogens (tertiary/aromatic N) is 1. The van der Waals surface area contributed by atoms with Gasteiger partial charge in [0.1, 0.15) is 9.71 Å². The molecule has 0 radical (unpaired) electrons. The smallest absolute Gasteiger partial charge is 0.205 e. The van der Waals surface area contributed by atoms with Crippen LogP contribution in [0.15, 0.2) is 24.3 Å². The molecule has 6 heteroatoms. The molecule has 2 heterocycles. The fraction of sp³-hybridized carbons (Fsp3) is 0.417. The quantitative estimate of drug-likeness (QED) is 0.577. The zero-order valence-electron chi connectivity index (χ0n) is 18.2. The molecule has 3 aromatic rings. The maximum Gasteiger partial charge on any atom is 0.205 e. The van der Waals surface area contributed by atoms with Gasteiger partial charge in [0.15, 0.2) is 11.5 Å². The van der Waals surface area contributed by atoms with Crippen molar-refractivity contribution in [3.63, 3.8) is 0 Å². The Morgan fingerprint density at radius 2 is 1.90 bits per heavy atom. The number of fused-ring (bicyclic) bond motifs is 2. The van der Waals surface area contributed by atoms with Crippen LogP contribution in [0.25, 0.3) is 10.2 Å². The van der Waals surface area contributed by atoms with Crippen LogP contribution < -0.4 is 15.2 Å². The van der Waals surface area contributed by atoms with Crippen molar-refractivity contribution in [2.24, 2.45) is 11.3 Å². The molecule has 2 aromatic heterocycles. The van der Waals surface area contributed by atoms with Gasteiger partial charge in [0.05, 0.1) is 19.9 Å². The van der Waals surface area contributed by atoms with E-state index in [2.05, 4.69) is 26.8 Å². The Balaban J connectivity index is 1.73. The molecule has 1 aliphatic rings. The summed E-state index contributed by atoms with van der Waals surface area (Å²) in [7, 11) is 3.13. The molecule has 0 spiro atoms. The minimum absolute atomic E-state index is 0.123. The lowest BCUT2D eigenvalue weighted by Crippen LogP contribution is -2.27. The van der Waals surface area contributed by atoms with Crippen LogP contribution >= 0.6 is 11.3 Å². The Hall–Kier alpha value is -2.60. The molecular formula is C24H28N2O3S. The second-order valence-electron chi connectivity index (χ2n) is 9.00. The fourth-order valence-corrected chi connectivity index (χ4v) is 5.27. The molecule has 0 saturated heterocycles. The average Bonchev–Trinajstić information content (AvgIpc) is 3.05. The Labute approximate surface area is 181 Å². The number of ether oxygens (including phenoxy) is 2. The molecule has 1 aliphatic carbocycles. The average molecular weight is 425 g/mol. The Morgan fingerprint density at radius 1 is 1.17 bits per heavy atom. The SMILES string of the molecule is COc1ccc(C(=O)c2sc3nc4c(cc3c2N)CC(C(C)(C)C)CC4)cc1OC. The molecule has 30 heavy (non-hydrogen) atoms. The first-order valence-corrected chi connectivity index (χ1v) is 11.0. The zero-order chi connectivity index (χ0) is 21.6. The van der Waals surface area contributed by atoms with Crippen LogP contribution in [0.2, 0.25) is 0 Å². The molecule has 0 fully saturated rings. The predicted octanol–water partition coefficient (Wildman–Crippen LogP) is 5.28. The largest absolute Gasteiger partial charge is 0.493 e. The van der Waals surface area contributed by atoms with E-state index >= 15 is 0 Å². The van der Waals surface area contributed by atoms with Gasteiger partial charge in [0.2, 0.25) is 5.78 Å². The van der Waals surface area contributed by atoms with Gasteiger partial charge in [-0.15, -0.1) is 11.3 Å². The Bertz CT molecular complexity index is 1130. The van der Waals surface area contributed by atoms with Crippen LogP contribution in [-0.2, 0) is 12.8 Å². The van der Waals surface area contributed by atoms with Gasteiger partial charge in [0, 0.05) is 16.6 Å². The minimum Gasteiger partial charge on any atom is -0.493 e. The number of methoxy groups -OCH3 is 2. The molecule has 0 saturated carbocycles. The maximum absolute atomic E-state index is 13.2. The summed E-state index contributed by atoms with van der Waals surface area (Å²) in [5.41, 5.74) is 10.2. The highest BCUT2D eigenvalue weighted by Crippen LogP contribution is 2.41. The summed E-state index contributed by atoms with van der Waals surface area (Å²) in [5.74, 6) is 1.60. The number of benzene rings is 1. The summed E-state index contributed by atoms with van der Waals surface area (Å²) in [6.45, 7) is 6.90. The third-order valence-corrected chi connectivity index (χ3v) is 7.28. The summed E-state index contributed by atoms with van der Waals surface area (Å²) in [6, 6.07) is 7.32. The molecule has 1 unspecified atom stereocenters. The van der Waals surface area contributed by atoms with Crippen molar-refractivity contribution in [1.82, 2.24) is 4.98 Å². The first-order valence-electron chi connectivity index (χ1n) is 10.2. The Morgan fingerprint density at radius 3 is 2.57 bits per heavy atom. The lowest BCUT2D eigenvalue weighted by molar-refractivity contribution is 0.104. The molecule has 0 bridgehead atoms. The van der Waals surface area contributed by atoms with E-state index < -0.39 is 0 Å². The number of anilines is 1. The first-order chi connectivity index (χ1) is 14.2. The van der Waals surface area contributed by atoms with Gasteiger partial charge >= 0.3 is 0 Å². The zero-order valence-corrected chi connectivity index (χ0v) is 19.0. The van der Waals surface area contributed by atoms with Crippen LogP contribution in [-0.4, -0.2) is 25.0 Å². The number of carbonyl (C=O) groups is 1. The molecule has 1 aromatic carbocycles. The van der Waals surface area contributed by atoms with E-state index in [0.29, 0.717) is 33.5 Å². The molecule has 0 aliphatic heterocycles. The van der Waals surface area contributed by atoms with Crippen molar-refractivity contribution in [2.45, 2.75) is 40.0 Å². The van der Waals surface area contributed by atoms with Gasteiger partial charge in [0.25, 0.3) is 0 Å². The van der Waals surface area contributed by atoms with Gasteiger partial charge in [-0.2, -0.15) is 0 Å². The number of aryl methyl sites for hydroxylation is 1. The molecule has 1 atom stereocenters. The highest BCUT2D eigenvalue weighted by Gasteiger charge is 2.30. The van der Waals surface area contributed by atoms with E-state index in [4.69, 9.17) is 20.2 Å². The third-order valence-electron chi connectivity index (χ3n) is 6.16. The van der Waals surface area contributed by atoms with Crippen LogP contribution in [0.1, 0.15) is 53.7 Å². The van der Waals surface area contributed by atoms with Crippen molar-refractivity contribution < 1.29 is 14.3 Å². The maximum atomic E-state index is 13.2. The number of thiophene rings is 1. The topological polar surface area (TPSA) is 74.4 Å². The molecule has 5 nitrogen and oxygen atoms in total. The van der Waals surface area contributed by atoms with E-state index in [1.54, 1.807) is 32.4 Å². The number of rotatable bonds is 4. The minimum atomic E-state index is -0.123. The van der Waals surface area contributed by atoms with Crippen molar-refractivity contribution in [3.05, 3.63) is 46.0 Å². The highest BCUT2D eigenvalue weighted by atomic mass is 32.1. The van der Waals surface area contributed by atoms with Crippen LogP contribution in [0.3, 0.4) is 0 Å². The van der Waals surface area contributed by atoms with E-state index in [1.165, 1.54) is 16.9 Å². The number of carbonyl (C=O) groups excluding carboxylic acids is 1. The van der Waals surface area contributed by atoms with E-state index in [0.717, 1.165) is 35.2 Å². The van der Waals surface area contributed by atoms with E-state index in [9.17, 15) is 4.79 Å². The Kier molecular flexibility index (Phi) is 5.22. The van der Waals surface area contributed by atoms with Gasteiger partial charge in [-0.25, -0.2) is 4.98 Å². The normalized spacial score (nSPS) is 16.4. The monoisotopic (exact) mass is 424 g/mol. The lowest BCUT2D eigenvalue weighted by atomic mass is 9.71. The predicted molar refractivity (Wildman–Crippen MR) is 122 cm³/mol. The van der Waals surface area contributed by atoms with Gasteiger partial charge in [-0.05, 0) is 60.4 Å². The van der Waals surface area contributed by atoms with Crippen molar-refractivity contribution in [1.29, 1.82) is 0 Å². The summed E-state index contributed by atoms with van der Waals surface area (Å²) in [6.07, 6.45) is 3.13. The van der Waals surface area contributed by atoms with Gasteiger partial charge in [-0.1, -0.05) is 20.8 Å². The molecule has 158 valence electrons. The summed E-state index contributed by atoms with van der Waals surface area (Å²) < 4.78 is 10.6. The second-order valence-corrected chi connectivity index (χ2v) is 10.00. The van der Waals surface area contributed by atoms with E-state index in [1.807, 2.05) is 0 Å².